The number of sulfone groups is 1. The van der Waals surface area contributed by atoms with Gasteiger partial charge in [0.2, 0.25) is 5.91 Å². The molecule has 9 nitrogen and oxygen atoms in total. The van der Waals surface area contributed by atoms with Gasteiger partial charge in [0, 0.05) is 18.0 Å². The maximum atomic E-state index is 12.7. The van der Waals surface area contributed by atoms with Crippen molar-refractivity contribution in [3.63, 3.8) is 0 Å². The van der Waals surface area contributed by atoms with Crippen LogP contribution in [0.4, 0.5) is 0 Å². The first-order chi connectivity index (χ1) is 12.7. The first-order valence-electron chi connectivity index (χ1n) is 8.46. The number of aromatic nitrogens is 2. The Bertz CT molecular complexity index is 1080. The van der Waals surface area contributed by atoms with E-state index in [-0.39, 0.29) is 34.5 Å². The number of likely N-dealkylation sites (N-methyl/N-ethyl adjacent to an activating group) is 1. The molecule has 1 aromatic heterocycles. The lowest BCUT2D eigenvalue weighted by molar-refractivity contribution is -0.133. The van der Waals surface area contributed by atoms with Crippen LogP contribution in [0.1, 0.15) is 23.8 Å². The quantitative estimate of drug-likeness (QED) is 0.765. The maximum absolute atomic E-state index is 12.7. The number of fused-ring (bicyclic) bond motifs is 1. The van der Waals surface area contributed by atoms with Crippen molar-refractivity contribution >= 4 is 32.5 Å². The maximum Gasteiger partial charge on any atom is 0.357 e. The second-order valence-corrected chi connectivity index (χ2v) is 8.63. The fourth-order valence-electron chi connectivity index (χ4n) is 3.38. The largest absolute Gasteiger partial charge is 0.476 e. The molecule has 1 unspecified atom stereocenters. The Morgan fingerprint density at radius 1 is 1.30 bits per heavy atom. The van der Waals surface area contributed by atoms with Crippen LogP contribution in [0.3, 0.4) is 0 Å². The average molecular weight is 393 g/mol. The third-order valence-electron chi connectivity index (χ3n) is 4.67. The molecule has 1 atom stereocenters. The van der Waals surface area contributed by atoms with E-state index in [4.69, 9.17) is 0 Å². The van der Waals surface area contributed by atoms with E-state index in [9.17, 15) is 27.9 Å². The van der Waals surface area contributed by atoms with Crippen molar-refractivity contribution in [2.45, 2.75) is 25.9 Å². The van der Waals surface area contributed by atoms with Gasteiger partial charge in [0.1, 0.15) is 6.54 Å². The Hall–Kier alpha value is -2.75. The number of aromatic carboxylic acids is 1. The molecule has 2 heterocycles. The van der Waals surface area contributed by atoms with E-state index in [0.29, 0.717) is 6.42 Å². The molecule has 0 bridgehead atoms. The fourth-order valence-corrected chi connectivity index (χ4v) is 5.11. The summed E-state index contributed by atoms with van der Waals surface area (Å²) in [7, 11) is -3.17. The van der Waals surface area contributed by atoms with Gasteiger partial charge in [-0.2, -0.15) is 5.10 Å². The number of amides is 1. The summed E-state index contributed by atoms with van der Waals surface area (Å²) < 4.78 is 24.2. The number of carboxylic acids is 1. The van der Waals surface area contributed by atoms with Crippen LogP contribution in [0.15, 0.2) is 29.1 Å². The normalized spacial score (nSPS) is 18.5. The Kier molecular flexibility index (Phi) is 5.01. The van der Waals surface area contributed by atoms with Gasteiger partial charge in [0.05, 0.1) is 16.9 Å². The first kappa shape index (κ1) is 19.0. The summed E-state index contributed by atoms with van der Waals surface area (Å²) in [5.74, 6) is -1.85. The predicted molar refractivity (Wildman–Crippen MR) is 97.4 cm³/mol. The van der Waals surface area contributed by atoms with Gasteiger partial charge in [-0.1, -0.05) is 18.2 Å². The average Bonchev–Trinajstić information content (AvgIpc) is 2.97. The molecule has 10 heteroatoms. The lowest BCUT2D eigenvalue weighted by atomic mass is 10.1. The molecule has 1 fully saturated rings. The van der Waals surface area contributed by atoms with Crippen molar-refractivity contribution in [1.82, 2.24) is 14.7 Å². The van der Waals surface area contributed by atoms with E-state index in [2.05, 4.69) is 5.10 Å². The summed E-state index contributed by atoms with van der Waals surface area (Å²) in [6.45, 7) is 1.56. The van der Waals surface area contributed by atoms with Crippen LogP contribution in [-0.4, -0.2) is 64.2 Å². The van der Waals surface area contributed by atoms with Crippen molar-refractivity contribution in [3.8, 4) is 0 Å². The summed E-state index contributed by atoms with van der Waals surface area (Å²) in [6.07, 6.45) is 0.350. The van der Waals surface area contributed by atoms with Gasteiger partial charge < -0.3 is 10.0 Å². The minimum Gasteiger partial charge on any atom is -0.476 e. The number of carbonyl (C=O) groups is 2. The molecular weight excluding hydrogens is 374 g/mol. The smallest absolute Gasteiger partial charge is 0.357 e. The minimum absolute atomic E-state index is 0.0266. The molecule has 1 amide bonds. The summed E-state index contributed by atoms with van der Waals surface area (Å²) in [5, 5.41) is 13.6. The third kappa shape index (κ3) is 3.70. The molecule has 2 aromatic rings. The highest BCUT2D eigenvalue weighted by atomic mass is 32.2. The van der Waals surface area contributed by atoms with E-state index in [1.807, 2.05) is 0 Å². The van der Waals surface area contributed by atoms with Crippen molar-refractivity contribution in [2.75, 3.05) is 18.1 Å². The van der Waals surface area contributed by atoms with Crippen molar-refractivity contribution in [3.05, 3.63) is 40.3 Å². The van der Waals surface area contributed by atoms with Crippen LogP contribution in [0, 0.1) is 0 Å². The Morgan fingerprint density at radius 2 is 1.96 bits per heavy atom. The molecule has 144 valence electrons. The Labute approximate surface area is 155 Å². The number of rotatable bonds is 5. The van der Waals surface area contributed by atoms with Gasteiger partial charge in [0.25, 0.3) is 5.56 Å². The number of hydrogen-bond donors (Lipinski definition) is 1. The summed E-state index contributed by atoms with van der Waals surface area (Å²) >= 11 is 0. The monoisotopic (exact) mass is 393 g/mol. The van der Waals surface area contributed by atoms with Crippen LogP contribution in [0.5, 0.6) is 0 Å². The summed E-state index contributed by atoms with van der Waals surface area (Å²) in [4.78, 5) is 38.2. The molecular formula is C17H19N3O6S. The highest BCUT2D eigenvalue weighted by Gasteiger charge is 2.34. The van der Waals surface area contributed by atoms with Crippen LogP contribution >= 0.6 is 0 Å². The summed E-state index contributed by atoms with van der Waals surface area (Å²) in [6, 6.07) is 5.73. The van der Waals surface area contributed by atoms with Gasteiger partial charge in [0.15, 0.2) is 15.5 Å². The second kappa shape index (κ2) is 7.10. The molecule has 0 radical (unpaired) electrons. The van der Waals surface area contributed by atoms with Crippen LogP contribution in [0.25, 0.3) is 10.8 Å². The molecule has 1 aromatic carbocycles. The number of hydrogen-bond acceptors (Lipinski definition) is 6. The van der Waals surface area contributed by atoms with Gasteiger partial charge in [-0.3, -0.25) is 9.59 Å². The Morgan fingerprint density at radius 3 is 2.52 bits per heavy atom. The number of carboxylic acid groups (broad SMARTS) is 1. The van der Waals surface area contributed by atoms with Crippen molar-refractivity contribution in [2.24, 2.45) is 0 Å². The van der Waals surface area contributed by atoms with Crippen LogP contribution in [0.2, 0.25) is 0 Å². The van der Waals surface area contributed by atoms with Gasteiger partial charge >= 0.3 is 5.97 Å². The van der Waals surface area contributed by atoms with E-state index in [1.165, 1.54) is 17.0 Å². The molecule has 0 aliphatic carbocycles. The summed E-state index contributed by atoms with van der Waals surface area (Å²) in [5.41, 5.74) is -0.886. The van der Waals surface area contributed by atoms with Crippen molar-refractivity contribution in [1.29, 1.82) is 0 Å². The standard InChI is InChI=1S/C17H19N3O6S/c1-2-19(11-7-8-27(25,26)10-11)14(21)9-20-16(22)13-6-4-3-5-12(13)15(18-20)17(23)24/h3-6,11H,2,7-10H2,1H3,(H,23,24). The molecule has 1 aliphatic rings. The molecule has 1 N–H and O–H groups in total. The molecule has 0 spiro atoms. The highest BCUT2D eigenvalue weighted by molar-refractivity contribution is 7.91. The zero-order chi connectivity index (χ0) is 19.8. The molecule has 1 saturated heterocycles. The van der Waals surface area contributed by atoms with E-state index in [1.54, 1.807) is 19.1 Å². The topological polar surface area (TPSA) is 127 Å². The lowest BCUT2D eigenvalue weighted by Gasteiger charge is -2.27. The fraction of sp³-hybridized carbons (Fsp3) is 0.412. The highest BCUT2D eigenvalue weighted by Crippen LogP contribution is 2.18. The van der Waals surface area contributed by atoms with Crippen molar-refractivity contribution < 1.29 is 23.1 Å². The molecule has 3 rings (SSSR count). The number of nitrogens with zero attached hydrogens (tertiary/aromatic N) is 3. The number of benzene rings is 1. The van der Waals surface area contributed by atoms with Gasteiger partial charge in [-0.05, 0) is 19.4 Å². The second-order valence-electron chi connectivity index (χ2n) is 6.40. The SMILES string of the molecule is CCN(C(=O)Cn1nc(C(=O)O)c2ccccc2c1=O)C1CCS(=O)(=O)C1. The van der Waals surface area contributed by atoms with E-state index >= 15 is 0 Å². The van der Waals surface area contributed by atoms with E-state index < -0.39 is 39.9 Å². The lowest BCUT2D eigenvalue weighted by Crippen LogP contribution is -2.44. The zero-order valence-electron chi connectivity index (χ0n) is 14.7. The zero-order valence-corrected chi connectivity index (χ0v) is 15.5. The molecule has 27 heavy (non-hydrogen) atoms. The predicted octanol–water partition coefficient (Wildman–Crippen LogP) is 0.130. The molecule has 0 saturated carbocycles. The van der Waals surface area contributed by atoms with E-state index in [0.717, 1.165) is 4.68 Å². The third-order valence-corrected chi connectivity index (χ3v) is 6.42. The van der Waals surface area contributed by atoms with Crippen LogP contribution in [-0.2, 0) is 21.2 Å². The molecule has 1 aliphatic heterocycles. The van der Waals surface area contributed by atoms with Gasteiger partial charge in [-0.25, -0.2) is 17.9 Å². The Balaban J connectivity index is 1.96. The minimum atomic E-state index is -3.17. The van der Waals surface area contributed by atoms with Gasteiger partial charge in [-0.15, -0.1) is 0 Å². The van der Waals surface area contributed by atoms with Crippen LogP contribution < -0.4 is 5.56 Å². The first-order valence-corrected chi connectivity index (χ1v) is 10.3. The number of carbonyl (C=O) groups excluding carboxylic acids is 1.